The van der Waals surface area contributed by atoms with Gasteiger partial charge >= 0.3 is 0 Å². The zero-order valence-corrected chi connectivity index (χ0v) is 22.6. The summed E-state index contributed by atoms with van der Waals surface area (Å²) in [4.78, 5) is 22.9. The van der Waals surface area contributed by atoms with Crippen LogP contribution in [-0.2, 0) is 11.2 Å². The number of halogens is 1. The molecule has 8 heteroatoms. The standard InChI is InChI=1S/C31H32ClN3O4/c1-39-28(37)11-5-10-27(36)30-29(20-12-15-22(32)16-13-20)33-25-17-14-21(18-26(25)34-30)31(38)35-24-9-4-7-19-6-2-3-8-23(19)24/h2-3,6,8,12-18,24,27-28,36-37H,4-5,7,9-11H2,1H3,(H,35,38)/t24-,27?,28?/m1/s1. The van der Waals surface area contributed by atoms with Crippen LogP contribution in [0.25, 0.3) is 22.3 Å². The predicted octanol–water partition coefficient (Wildman–Crippen LogP) is 5.93. The van der Waals surface area contributed by atoms with Crippen LogP contribution in [0, 0.1) is 0 Å². The van der Waals surface area contributed by atoms with Crippen LogP contribution in [0.3, 0.4) is 0 Å². The maximum Gasteiger partial charge on any atom is 0.251 e. The fourth-order valence-corrected chi connectivity index (χ4v) is 5.27. The Labute approximate surface area is 232 Å². The van der Waals surface area contributed by atoms with Gasteiger partial charge in [0.25, 0.3) is 5.91 Å². The molecule has 1 aliphatic carbocycles. The minimum absolute atomic E-state index is 0.0312. The van der Waals surface area contributed by atoms with Gasteiger partial charge in [0.2, 0.25) is 0 Å². The quantitative estimate of drug-likeness (QED) is 0.225. The summed E-state index contributed by atoms with van der Waals surface area (Å²) in [6, 6.07) is 20.7. The van der Waals surface area contributed by atoms with Gasteiger partial charge in [-0.15, -0.1) is 0 Å². The van der Waals surface area contributed by atoms with Crippen molar-refractivity contribution < 1.29 is 19.7 Å². The number of carbonyl (C=O) groups is 1. The number of hydrogen-bond donors (Lipinski definition) is 3. The SMILES string of the molecule is COC(O)CCCC(O)c1nc2cc(C(=O)N[C@@H]3CCCc4ccccc43)ccc2nc1-c1ccc(Cl)cc1. The topological polar surface area (TPSA) is 105 Å². The fourth-order valence-electron chi connectivity index (χ4n) is 5.15. The number of aryl methyl sites for hydroxylation is 1. The number of ether oxygens (including phenoxy) is 1. The molecule has 202 valence electrons. The number of nitrogens with one attached hydrogen (secondary N) is 1. The average Bonchev–Trinajstić information content (AvgIpc) is 2.96. The molecule has 1 heterocycles. The van der Waals surface area contributed by atoms with Crippen LogP contribution in [-0.4, -0.2) is 39.5 Å². The van der Waals surface area contributed by atoms with E-state index in [1.807, 2.05) is 24.3 Å². The van der Waals surface area contributed by atoms with Crippen molar-refractivity contribution in [1.82, 2.24) is 15.3 Å². The van der Waals surface area contributed by atoms with E-state index in [0.717, 1.165) is 24.8 Å². The van der Waals surface area contributed by atoms with Crippen molar-refractivity contribution in [3.05, 3.63) is 94.1 Å². The molecule has 1 aromatic heterocycles. The lowest BCUT2D eigenvalue weighted by atomic mass is 9.87. The first-order valence-corrected chi connectivity index (χ1v) is 13.7. The Morgan fingerprint density at radius 3 is 2.64 bits per heavy atom. The molecule has 1 aliphatic rings. The van der Waals surface area contributed by atoms with Crippen LogP contribution < -0.4 is 5.32 Å². The van der Waals surface area contributed by atoms with Crippen molar-refractivity contribution >= 4 is 28.5 Å². The molecule has 39 heavy (non-hydrogen) atoms. The number of aliphatic hydroxyl groups is 2. The van der Waals surface area contributed by atoms with Crippen molar-refractivity contribution in [2.45, 2.75) is 57.0 Å². The van der Waals surface area contributed by atoms with Crippen molar-refractivity contribution in [2.75, 3.05) is 7.11 Å². The first-order valence-electron chi connectivity index (χ1n) is 13.3. The summed E-state index contributed by atoms with van der Waals surface area (Å²) in [5.41, 5.74) is 5.82. The highest BCUT2D eigenvalue weighted by Gasteiger charge is 2.23. The van der Waals surface area contributed by atoms with E-state index in [9.17, 15) is 15.0 Å². The molecule has 0 bridgehead atoms. The van der Waals surface area contributed by atoms with Gasteiger partial charge in [0.15, 0.2) is 6.29 Å². The number of hydrogen-bond acceptors (Lipinski definition) is 6. The Morgan fingerprint density at radius 2 is 1.85 bits per heavy atom. The van der Waals surface area contributed by atoms with Crippen molar-refractivity contribution in [1.29, 1.82) is 0 Å². The monoisotopic (exact) mass is 545 g/mol. The summed E-state index contributed by atoms with van der Waals surface area (Å²) in [6.07, 6.45) is 2.43. The van der Waals surface area contributed by atoms with Crippen LogP contribution >= 0.6 is 11.6 Å². The number of methoxy groups -OCH3 is 1. The Balaban J connectivity index is 1.45. The molecular weight excluding hydrogens is 514 g/mol. The molecule has 0 saturated heterocycles. The highest BCUT2D eigenvalue weighted by Crippen LogP contribution is 2.32. The van der Waals surface area contributed by atoms with Crippen molar-refractivity contribution in [3.8, 4) is 11.3 Å². The molecule has 2 unspecified atom stereocenters. The van der Waals surface area contributed by atoms with Crippen LogP contribution in [0.5, 0.6) is 0 Å². The predicted molar refractivity (Wildman–Crippen MR) is 151 cm³/mol. The van der Waals surface area contributed by atoms with E-state index in [-0.39, 0.29) is 11.9 Å². The summed E-state index contributed by atoms with van der Waals surface area (Å²) in [5.74, 6) is -0.169. The van der Waals surface area contributed by atoms with Gasteiger partial charge in [-0.3, -0.25) is 4.79 Å². The number of benzene rings is 3. The van der Waals surface area contributed by atoms with Gasteiger partial charge in [0, 0.05) is 23.3 Å². The lowest BCUT2D eigenvalue weighted by Crippen LogP contribution is -2.31. The molecule has 0 spiro atoms. The smallest absolute Gasteiger partial charge is 0.251 e. The minimum atomic E-state index is -0.923. The van der Waals surface area contributed by atoms with E-state index in [1.165, 1.54) is 18.2 Å². The molecule has 7 nitrogen and oxygen atoms in total. The first kappa shape index (κ1) is 27.2. The molecule has 3 N–H and O–H groups in total. The second-order valence-electron chi connectivity index (χ2n) is 9.92. The van der Waals surface area contributed by atoms with Gasteiger partial charge < -0.3 is 20.3 Å². The van der Waals surface area contributed by atoms with Gasteiger partial charge in [-0.25, -0.2) is 9.97 Å². The number of amides is 1. The van der Waals surface area contributed by atoms with E-state index >= 15 is 0 Å². The molecule has 1 amide bonds. The maximum atomic E-state index is 13.3. The lowest BCUT2D eigenvalue weighted by Gasteiger charge is -2.26. The van der Waals surface area contributed by atoms with Crippen molar-refractivity contribution in [2.24, 2.45) is 0 Å². The third-order valence-corrected chi connectivity index (χ3v) is 7.51. The average molecular weight is 546 g/mol. The van der Waals surface area contributed by atoms with E-state index in [1.54, 1.807) is 30.3 Å². The number of aliphatic hydroxyl groups excluding tert-OH is 2. The van der Waals surface area contributed by atoms with Crippen LogP contribution in [0.4, 0.5) is 0 Å². The molecule has 0 saturated carbocycles. The Kier molecular flexibility index (Phi) is 8.53. The molecule has 0 fully saturated rings. The summed E-state index contributed by atoms with van der Waals surface area (Å²) in [7, 11) is 1.44. The zero-order chi connectivity index (χ0) is 27.4. The highest BCUT2D eigenvalue weighted by atomic mass is 35.5. The molecule has 4 aromatic rings. The van der Waals surface area contributed by atoms with E-state index in [0.29, 0.717) is 52.3 Å². The summed E-state index contributed by atoms with van der Waals surface area (Å²) >= 11 is 6.09. The Morgan fingerprint density at radius 1 is 1.05 bits per heavy atom. The number of rotatable bonds is 9. The minimum Gasteiger partial charge on any atom is -0.387 e. The van der Waals surface area contributed by atoms with Crippen LogP contribution in [0.1, 0.15) is 71.4 Å². The second-order valence-corrected chi connectivity index (χ2v) is 10.4. The number of nitrogens with zero attached hydrogens (tertiary/aromatic N) is 2. The molecule has 5 rings (SSSR count). The zero-order valence-electron chi connectivity index (χ0n) is 21.8. The molecule has 0 radical (unpaired) electrons. The first-order chi connectivity index (χ1) is 18.9. The van der Waals surface area contributed by atoms with E-state index in [2.05, 4.69) is 17.4 Å². The van der Waals surface area contributed by atoms with Gasteiger partial charge in [-0.05, 0) is 80.0 Å². The Bertz CT molecular complexity index is 1460. The summed E-state index contributed by atoms with van der Waals surface area (Å²) < 4.78 is 4.90. The molecular formula is C31H32ClN3O4. The third-order valence-electron chi connectivity index (χ3n) is 7.26. The van der Waals surface area contributed by atoms with Crippen LogP contribution in [0.2, 0.25) is 5.02 Å². The normalized spacial score (nSPS) is 16.5. The fraction of sp³-hybridized carbons (Fsp3) is 0.323. The largest absolute Gasteiger partial charge is 0.387 e. The van der Waals surface area contributed by atoms with Gasteiger partial charge in [-0.1, -0.05) is 48.0 Å². The molecule has 3 atom stereocenters. The number of carbonyl (C=O) groups excluding carboxylic acids is 1. The van der Waals surface area contributed by atoms with E-state index in [4.69, 9.17) is 26.3 Å². The van der Waals surface area contributed by atoms with Gasteiger partial charge in [0.1, 0.15) is 0 Å². The maximum absolute atomic E-state index is 13.3. The third kappa shape index (κ3) is 6.28. The second kappa shape index (κ2) is 12.2. The number of fused-ring (bicyclic) bond motifs is 2. The lowest BCUT2D eigenvalue weighted by molar-refractivity contribution is -0.0804. The molecule has 3 aromatic carbocycles. The van der Waals surface area contributed by atoms with Gasteiger partial charge in [-0.2, -0.15) is 0 Å². The van der Waals surface area contributed by atoms with Gasteiger partial charge in [0.05, 0.1) is 34.6 Å². The Hall–Kier alpha value is -3.36. The van der Waals surface area contributed by atoms with E-state index < -0.39 is 12.4 Å². The summed E-state index contributed by atoms with van der Waals surface area (Å²) in [5, 5.41) is 24.6. The number of aromatic nitrogens is 2. The molecule has 0 aliphatic heterocycles. The highest BCUT2D eigenvalue weighted by molar-refractivity contribution is 6.30. The van der Waals surface area contributed by atoms with Crippen molar-refractivity contribution in [3.63, 3.8) is 0 Å². The summed E-state index contributed by atoms with van der Waals surface area (Å²) in [6.45, 7) is 0. The van der Waals surface area contributed by atoms with Crippen LogP contribution in [0.15, 0.2) is 66.7 Å².